The Hall–Kier alpha value is -1.85. The van der Waals surface area contributed by atoms with Crippen LogP contribution in [-0.4, -0.2) is 11.2 Å². The lowest BCUT2D eigenvalue weighted by Crippen LogP contribution is -2.28. The lowest BCUT2D eigenvalue weighted by Gasteiger charge is -2.35. The van der Waals surface area contributed by atoms with Gasteiger partial charge in [0.25, 0.3) is 0 Å². The number of aliphatic hydroxyl groups excluding tert-OH is 1. The summed E-state index contributed by atoms with van der Waals surface area (Å²) in [6.45, 7) is 10.5. The van der Waals surface area contributed by atoms with Crippen LogP contribution in [0.2, 0.25) is 0 Å². The van der Waals surface area contributed by atoms with Gasteiger partial charge in [0.2, 0.25) is 0 Å². The average Bonchev–Trinajstić information content (AvgIpc) is 2.36. The molecule has 0 aromatic heterocycles. The molecule has 0 bridgehead atoms. The van der Waals surface area contributed by atoms with Gasteiger partial charge >= 0.3 is 0 Å². The maximum Gasteiger partial charge on any atom is 0.0914 e. The molecule has 0 amide bonds. The third-order valence-electron chi connectivity index (χ3n) is 4.00. The molecule has 118 valence electrons. The van der Waals surface area contributed by atoms with Crippen molar-refractivity contribution in [1.82, 2.24) is 0 Å². The summed E-state index contributed by atoms with van der Waals surface area (Å²) in [5.41, 5.74) is 4.71. The second-order valence-electron chi connectivity index (χ2n) is 6.76. The molecular formula is C20H27NO. The van der Waals surface area contributed by atoms with Gasteiger partial charge in [-0.1, -0.05) is 55.4 Å². The van der Waals surface area contributed by atoms with E-state index in [4.69, 9.17) is 5.26 Å². The molecule has 1 rings (SSSR count). The molecule has 0 fully saturated rings. The van der Waals surface area contributed by atoms with E-state index in [1.807, 2.05) is 31.2 Å². The van der Waals surface area contributed by atoms with Crippen LogP contribution in [-0.2, 0) is 0 Å². The minimum Gasteiger partial charge on any atom is -0.393 e. The second kappa shape index (κ2) is 7.96. The second-order valence-corrected chi connectivity index (χ2v) is 6.76. The van der Waals surface area contributed by atoms with E-state index in [1.54, 1.807) is 0 Å². The van der Waals surface area contributed by atoms with E-state index in [1.165, 1.54) is 17.2 Å². The fourth-order valence-electron chi connectivity index (χ4n) is 2.95. The molecule has 0 aromatic carbocycles. The van der Waals surface area contributed by atoms with Crippen LogP contribution in [0.5, 0.6) is 0 Å². The molecule has 22 heavy (non-hydrogen) atoms. The Morgan fingerprint density at radius 2 is 1.95 bits per heavy atom. The summed E-state index contributed by atoms with van der Waals surface area (Å²) in [6, 6.07) is 2.02. The smallest absolute Gasteiger partial charge is 0.0914 e. The fraction of sp³-hybridized carbons (Fsp3) is 0.450. The summed E-state index contributed by atoms with van der Waals surface area (Å²) in [7, 11) is 0. The first-order chi connectivity index (χ1) is 10.3. The van der Waals surface area contributed by atoms with Crippen LogP contribution in [0, 0.1) is 16.7 Å². The van der Waals surface area contributed by atoms with Gasteiger partial charge in [0.1, 0.15) is 0 Å². The molecule has 0 heterocycles. The number of nitrogens with zero attached hydrogens (tertiary/aromatic N) is 1. The Bertz CT molecular complexity index is 592. The SMILES string of the molecule is CC1=C(/C=C/C(C)=C/C=C/C(C)=C/C#N)C(C)(C)C[C@H](O)C1. The van der Waals surface area contributed by atoms with Gasteiger partial charge in [0, 0.05) is 6.08 Å². The van der Waals surface area contributed by atoms with Crippen molar-refractivity contribution in [1.29, 1.82) is 5.26 Å². The monoisotopic (exact) mass is 297 g/mol. The molecule has 2 heteroatoms. The molecule has 0 spiro atoms. The first-order valence-electron chi connectivity index (χ1n) is 7.74. The lowest BCUT2D eigenvalue weighted by atomic mass is 9.71. The number of aliphatic hydroxyl groups is 1. The Balaban J connectivity index is 2.85. The molecule has 0 saturated carbocycles. The van der Waals surface area contributed by atoms with Gasteiger partial charge in [-0.3, -0.25) is 0 Å². The number of allylic oxidation sites excluding steroid dienone is 9. The minimum absolute atomic E-state index is 0.0144. The molecule has 0 aliphatic heterocycles. The van der Waals surface area contributed by atoms with Gasteiger partial charge in [0.15, 0.2) is 0 Å². The third kappa shape index (κ3) is 5.50. The summed E-state index contributed by atoms with van der Waals surface area (Å²) < 4.78 is 0. The van der Waals surface area contributed by atoms with Gasteiger partial charge in [-0.25, -0.2) is 0 Å². The highest BCUT2D eigenvalue weighted by Crippen LogP contribution is 2.40. The zero-order chi connectivity index (χ0) is 16.8. The van der Waals surface area contributed by atoms with Crippen molar-refractivity contribution in [2.75, 3.05) is 0 Å². The van der Waals surface area contributed by atoms with Crippen LogP contribution in [0.4, 0.5) is 0 Å². The van der Waals surface area contributed by atoms with Crippen LogP contribution in [0.15, 0.2) is 58.7 Å². The number of hydrogen-bond donors (Lipinski definition) is 1. The zero-order valence-electron chi connectivity index (χ0n) is 14.4. The van der Waals surface area contributed by atoms with E-state index in [0.29, 0.717) is 0 Å². The van der Waals surface area contributed by atoms with E-state index in [2.05, 4.69) is 39.8 Å². The normalized spacial score (nSPS) is 23.4. The Morgan fingerprint density at radius 3 is 2.55 bits per heavy atom. The summed E-state index contributed by atoms with van der Waals surface area (Å²) in [5.74, 6) is 0. The van der Waals surface area contributed by atoms with Crippen molar-refractivity contribution in [3.8, 4) is 6.07 Å². The fourth-order valence-corrected chi connectivity index (χ4v) is 2.95. The first-order valence-corrected chi connectivity index (χ1v) is 7.74. The van der Waals surface area contributed by atoms with Crippen LogP contribution >= 0.6 is 0 Å². The Kier molecular flexibility index (Phi) is 6.59. The molecule has 1 aliphatic rings. The molecule has 0 saturated heterocycles. The highest BCUT2D eigenvalue weighted by atomic mass is 16.3. The van der Waals surface area contributed by atoms with Gasteiger partial charge in [-0.15, -0.1) is 0 Å². The molecule has 1 aliphatic carbocycles. The van der Waals surface area contributed by atoms with Crippen LogP contribution in [0.3, 0.4) is 0 Å². The maximum absolute atomic E-state index is 9.92. The lowest BCUT2D eigenvalue weighted by molar-refractivity contribution is 0.116. The molecule has 2 nitrogen and oxygen atoms in total. The van der Waals surface area contributed by atoms with Gasteiger partial charge in [0.05, 0.1) is 12.2 Å². The summed E-state index contributed by atoms with van der Waals surface area (Å²) in [4.78, 5) is 0. The maximum atomic E-state index is 9.92. The largest absolute Gasteiger partial charge is 0.393 e. The Morgan fingerprint density at radius 1 is 1.27 bits per heavy atom. The van der Waals surface area contributed by atoms with Gasteiger partial charge < -0.3 is 5.11 Å². The number of rotatable bonds is 4. The predicted octanol–water partition coefficient (Wildman–Crippen LogP) is 5.01. The van der Waals surface area contributed by atoms with Gasteiger partial charge in [-0.2, -0.15) is 5.26 Å². The van der Waals surface area contributed by atoms with E-state index < -0.39 is 0 Å². The molecule has 0 radical (unpaired) electrons. The van der Waals surface area contributed by atoms with Crippen molar-refractivity contribution in [2.45, 2.75) is 53.6 Å². The van der Waals surface area contributed by atoms with E-state index in [-0.39, 0.29) is 11.5 Å². The first kappa shape index (κ1) is 18.2. The molecular weight excluding hydrogens is 270 g/mol. The topological polar surface area (TPSA) is 44.0 Å². The van der Waals surface area contributed by atoms with E-state index >= 15 is 0 Å². The van der Waals surface area contributed by atoms with Crippen molar-refractivity contribution >= 4 is 0 Å². The predicted molar refractivity (Wildman–Crippen MR) is 93.1 cm³/mol. The van der Waals surface area contributed by atoms with Crippen LogP contribution < -0.4 is 0 Å². The summed E-state index contributed by atoms with van der Waals surface area (Å²) in [6.07, 6.45) is 13.1. The summed E-state index contributed by atoms with van der Waals surface area (Å²) in [5, 5.41) is 18.5. The van der Waals surface area contributed by atoms with E-state index in [9.17, 15) is 5.11 Å². The third-order valence-corrected chi connectivity index (χ3v) is 4.00. The molecule has 0 aromatic rings. The quantitative estimate of drug-likeness (QED) is 0.585. The van der Waals surface area contributed by atoms with Crippen molar-refractivity contribution < 1.29 is 5.11 Å². The number of hydrogen-bond acceptors (Lipinski definition) is 2. The molecule has 1 N–H and O–H groups in total. The van der Waals surface area contributed by atoms with Crippen molar-refractivity contribution in [3.05, 3.63) is 58.7 Å². The zero-order valence-corrected chi connectivity index (χ0v) is 14.4. The number of nitriles is 1. The van der Waals surface area contributed by atoms with Crippen LogP contribution in [0.25, 0.3) is 0 Å². The van der Waals surface area contributed by atoms with Crippen LogP contribution in [0.1, 0.15) is 47.5 Å². The minimum atomic E-state index is -0.221. The summed E-state index contributed by atoms with van der Waals surface area (Å²) >= 11 is 0. The standard InChI is InChI=1S/C20H27NO/c1-15(7-6-8-16(2)11-12-21)9-10-19-17(3)13-18(22)14-20(19,4)5/h6-11,18,22H,13-14H2,1-5H3/b8-6+,10-9+,15-7+,16-11+/t18-/m1/s1. The van der Waals surface area contributed by atoms with E-state index in [0.717, 1.165) is 24.0 Å². The molecule has 0 unspecified atom stereocenters. The molecule has 1 atom stereocenters. The van der Waals surface area contributed by atoms with Crippen molar-refractivity contribution in [3.63, 3.8) is 0 Å². The highest BCUT2D eigenvalue weighted by Gasteiger charge is 2.31. The highest BCUT2D eigenvalue weighted by molar-refractivity contribution is 5.37. The van der Waals surface area contributed by atoms with Gasteiger partial charge in [-0.05, 0) is 50.2 Å². The van der Waals surface area contributed by atoms with Crippen molar-refractivity contribution in [2.24, 2.45) is 5.41 Å². The average molecular weight is 297 g/mol. The Labute approximate surface area is 134 Å².